The van der Waals surface area contributed by atoms with Gasteiger partial charge in [0.2, 0.25) is 0 Å². The van der Waals surface area contributed by atoms with Crippen LogP contribution < -0.4 is 11.1 Å². The SMILES string of the molecule is CC(C)(C)NC(=O)N1CCCCC1C(N)=S. The van der Waals surface area contributed by atoms with Gasteiger partial charge in [0.05, 0.1) is 11.0 Å². The third-order valence-corrected chi connectivity index (χ3v) is 2.85. The van der Waals surface area contributed by atoms with E-state index in [0.717, 1.165) is 25.8 Å². The van der Waals surface area contributed by atoms with E-state index in [4.69, 9.17) is 18.0 Å². The maximum Gasteiger partial charge on any atom is 0.318 e. The van der Waals surface area contributed by atoms with Crippen molar-refractivity contribution in [1.82, 2.24) is 10.2 Å². The Balaban J connectivity index is 2.68. The van der Waals surface area contributed by atoms with Crippen molar-refractivity contribution >= 4 is 23.2 Å². The molecule has 16 heavy (non-hydrogen) atoms. The van der Waals surface area contributed by atoms with Crippen LogP contribution in [0.5, 0.6) is 0 Å². The molecule has 5 heteroatoms. The predicted molar refractivity (Wildman–Crippen MR) is 69.4 cm³/mol. The third kappa shape index (κ3) is 3.63. The summed E-state index contributed by atoms with van der Waals surface area (Å²) >= 11 is 5.01. The molecule has 0 bridgehead atoms. The van der Waals surface area contributed by atoms with E-state index in [-0.39, 0.29) is 17.6 Å². The molecule has 92 valence electrons. The number of hydrogen-bond donors (Lipinski definition) is 2. The molecule has 3 N–H and O–H groups in total. The molecule has 1 saturated heterocycles. The summed E-state index contributed by atoms with van der Waals surface area (Å²) in [5, 5.41) is 2.95. The first-order valence-corrected chi connectivity index (χ1v) is 6.10. The number of hydrogen-bond acceptors (Lipinski definition) is 2. The molecule has 1 aliphatic rings. The van der Waals surface area contributed by atoms with Crippen LogP contribution in [0.15, 0.2) is 0 Å². The van der Waals surface area contributed by atoms with Gasteiger partial charge in [0.15, 0.2) is 0 Å². The number of nitrogens with two attached hydrogens (primary N) is 1. The fraction of sp³-hybridized carbons (Fsp3) is 0.818. The van der Waals surface area contributed by atoms with Crippen molar-refractivity contribution in [2.24, 2.45) is 5.73 Å². The second kappa shape index (κ2) is 4.99. The van der Waals surface area contributed by atoms with Crippen molar-refractivity contribution in [2.45, 2.75) is 51.6 Å². The number of amides is 2. The molecule has 1 atom stereocenters. The van der Waals surface area contributed by atoms with Gasteiger partial charge >= 0.3 is 6.03 Å². The van der Waals surface area contributed by atoms with Crippen molar-refractivity contribution < 1.29 is 4.79 Å². The van der Waals surface area contributed by atoms with E-state index in [0.29, 0.717) is 4.99 Å². The minimum absolute atomic E-state index is 0.0648. The Kier molecular flexibility index (Phi) is 4.13. The number of urea groups is 1. The van der Waals surface area contributed by atoms with Crippen LogP contribution in [0.2, 0.25) is 0 Å². The zero-order chi connectivity index (χ0) is 12.3. The monoisotopic (exact) mass is 243 g/mol. The summed E-state index contributed by atoms with van der Waals surface area (Å²) in [5.74, 6) is 0. The maximum atomic E-state index is 12.0. The highest BCUT2D eigenvalue weighted by Gasteiger charge is 2.30. The van der Waals surface area contributed by atoms with E-state index in [9.17, 15) is 4.79 Å². The van der Waals surface area contributed by atoms with Crippen molar-refractivity contribution in [3.8, 4) is 0 Å². The fourth-order valence-electron chi connectivity index (χ4n) is 1.86. The standard InChI is InChI=1S/C11H21N3OS/c1-11(2,3)13-10(15)14-7-5-4-6-8(14)9(12)16/h8H,4-7H2,1-3H3,(H2,12,16)(H,13,15). The zero-order valence-corrected chi connectivity index (χ0v) is 11.1. The van der Waals surface area contributed by atoms with Gasteiger partial charge in [-0.2, -0.15) is 0 Å². The molecule has 1 rings (SSSR count). The van der Waals surface area contributed by atoms with Gasteiger partial charge in [0, 0.05) is 12.1 Å². The van der Waals surface area contributed by atoms with Crippen LogP contribution in [-0.4, -0.2) is 34.0 Å². The van der Waals surface area contributed by atoms with Crippen molar-refractivity contribution in [3.63, 3.8) is 0 Å². The highest BCUT2D eigenvalue weighted by molar-refractivity contribution is 7.80. The molecular formula is C11H21N3OS. The van der Waals surface area contributed by atoms with E-state index < -0.39 is 0 Å². The van der Waals surface area contributed by atoms with Crippen LogP contribution in [0.1, 0.15) is 40.0 Å². The highest BCUT2D eigenvalue weighted by atomic mass is 32.1. The first kappa shape index (κ1) is 13.2. The Morgan fingerprint density at radius 1 is 1.44 bits per heavy atom. The summed E-state index contributed by atoms with van der Waals surface area (Å²) in [5.41, 5.74) is 5.44. The van der Waals surface area contributed by atoms with Crippen LogP contribution in [-0.2, 0) is 0 Å². The average molecular weight is 243 g/mol. The Morgan fingerprint density at radius 2 is 2.06 bits per heavy atom. The van der Waals surface area contributed by atoms with Gasteiger partial charge < -0.3 is 16.0 Å². The minimum atomic E-state index is -0.227. The topological polar surface area (TPSA) is 58.4 Å². The van der Waals surface area contributed by atoms with Crippen LogP contribution >= 0.6 is 12.2 Å². The molecular weight excluding hydrogens is 222 g/mol. The largest absolute Gasteiger partial charge is 0.392 e. The normalized spacial score (nSPS) is 21.7. The predicted octanol–water partition coefficient (Wildman–Crippen LogP) is 1.64. The van der Waals surface area contributed by atoms with Gasteiger partial charge in [-0.25, -0.2) is 4.79 Å². The number of carbonyl (C=O) groups excluding carboxylic acids is 1. The van der Waals surface area contributed by atoms with E-state index in [2.05, 4.69) is 5.32 Å². The molecule has 0 aromatic heterocycles. The lowest BCUT2D eigenvalue weighted by molar-refractivity contribution is 0.165. The second-order valence-electron chi connectivity index (χ2n) is 5.29. The summed E-state index contributed by atoms with van der Waals surface area (Å²) in [6, 6.07) is -0.142. The molecule has 0 aromatic carbocycles. The van der Waals surface area contributed by atoms with Crippen LogP contribution in [0.4, 0.5) is 4.79 Å². The van der Waals surface area contributed by atoms with Crippen molar-refractivity contribution in [3.05, 3.63) is 0 Å². The summed E-state index contributed by atoms with van der Waals surface area (Å²) in [6.07, 6.45) is 2.99. The molecule has 4 nitrogen and oxygen atoms in total. The fourth-order valence-corrected chi connectivity index (χ4v) is 2.11. The van der Waals surface area contributed by atoms with Gasteiger partial charge in [-0.05, 0) is 40.0 Å². The minimum Gasteiger partial charge on any atom is -0.392 e. The average Bonchev–Trinajstić information content (AvgIpc) is 2.15. The molecule has 0 aromatic rings. The van der Waals surface area contributed by atoms with Gasteiger partial charge in [-0.3, -0.25) is 0 Å². The lowest BCUT2D eigenvalue weighted by atomic mass is 10.0. The number of likely N-dealkylation sites (tertiary alicyclic amines) is 1. The van der Waals surface area contributed by atoms with Gasteiger partial charge in [0.25, 0.3) is 0 Å². The van der Waals surface area contributed by atoms with Crippen LogP contribution in [0.3, 0.4) is 0 Å². The van der Waals surface area contributed by atoms with E-state index >= 15 is 0 Å². The third-order valence-electron chi connectivity index (χ3n) is 2.57. The molecule has 0 spiro atoms. The highest BCUT2D eigenvalue weighted by Crippen LogP contribution is 2.18. The zero-order valence-electron chi connectivity index (χ0n) is 10.2. The summed E-state index contributed by atoms with van der Waals surface area (Å²) in [7, 11) is 0. The van der Waals surface area contributed by atoms with Crippen molar-refractivity contribution in [1.29, 1.82) is 0 Å². The smallest absolute Gasteiger partial charge is 0.318 e. The Labute approximate surface area is 103 Å². The molecule has 1 aliphatic heterocycles. The Morgan fingerprint density at radius 3 is 2.56 bits per heavy atom. The number of nitrogens with one attached hydrogen (secondary N) is 1. The maximum absolute atomic E-state index is 12.0. The first-order chi connectivity index (χ1) is 7.31. The Bertz CT molecular complexity index is 285. The first-order valence-electron chi connectivity index (χ1n) is 5.69. The van der Waals surface area contributed by atoms with E-state index in [1.165, 1.54) is 0 Å². The Hall–Kier alpha value is -0.840. The lowest BCUT2D eigenvalue weighted by Crippen LogP contribution is -2.56. The quantitative estimate of drug-likeness (QED) is 0.688. The van der Waals surface area contributed by atoms with Crippen LogP contribution in [0, 0.1) is 0 Å². The number of nitrogens with zero attached hydrogens (tertiary/aromatic N) is 1. The van der Waals surface area contributed by atoms with Gasteiger partial charge in [0.1, 0.15) is 0 Å². The van der Waals surface area contributed by atoms with E-state index in [1.54, 1.807) is 4.90 Å². The van der Waals surface area contributed by atoms with Crippen LogP contribution in [0.25, 0.3) is 0 Å². The number of piperidine rings is 1. The second-order valence-corrected chi connectivity index (χ2v) is 5.76. The van der Waals surface area contributed by atoms with Gasteiger partial charge in [-0.15, -0.1) is 0 Å². The van der Waals surface area contributed by atoms with E-state index in [1.807, 2.05) is 20.8 Å². The molecule has 0 radical (unpaired) electrons. The molecule has 0 saturated carbocycles. The molecule has 2 amide bonds. The van der Waals surface area contributed by atoms with Crippen molar-refractivity contribution in [2.75, 3.05) is 6.54 Å². The number of carbonyl (C=O) groups is 1. The van der Waals surface area contributed by atoms with Gasteiger partial charge in [-0.1, -0.05) is 12.2 Å². The summed E-state index contributed by atoms with van der Waals surface area (Å²) in [6.45, 7) is 6.63. The summed E-state index contributed by atoms with van der Waals surface area (Å²) < 4.78 is 0. The molecule has 1 heterocycles. The molecule has 0 aliphatic carbocycles. The lowest BCUT2D eigenvalue weighted by Gasteiger charge is -2.37. The summed E-state index contributed by atoms with van der Waals surface area (Å²) in [4.78, 5) is 14.2. The molecule has 1 unspecified atom stereocenters. The number of thiocarbonyl (C=S) groups is 1. The molecule has 1 fully saturated rings. The number of rotatable bonds is 1.